The summed E-state index contributed by atoms with van der Waals surface area (Å²) in [6, 6.07) is 28.2. The van der Waals surface area contributed by atoms with Crippen molar-refractivity contribution in [3.8, 4) is 39.5 Å². The zero-order chi connectivity index (χ0) is 68.5. The highest BCUT2D eigenvalue weighted by Crippen LogP contribution is 2.34. The van der Waals surface area contributed by atoms with E-state index in [9.17, 15) is 35.0 Å². The number of aryl methyl sites for hydroxylation is 1. The summed E-state index contributed by atoms with van der Waals surface area (Å²) in [5.74, 6) is 1.42. The van der Waals surface area contributed by atoms with Gasteiger partial charge in [0.1, 0.15) is 5.75 Å². The van der Waals surface area contributed by atoms with Crippen molar-refractivity contribution in [2.24, 2.45) is 0 Å². The molecule has 2 aliphatic rings. The molecule has 0 radical (unpaired) electrons. The first-order valence-corrected chi connectivity index (χ1v) is 31.1. The van der Waals surface area contributed by atoms with Crippen molar-refractivity contribution in [3.63, 3.8) is 0 Å². The third-order valence-electron chi connectivity index (χ3n) is 14.7. The number of nitrogens with zero attached hydrogens (tertiary/aromatic N) is 15. The smallest absolute Gasteiger partial charge is 0.409 e. The normalized spacial score (nSPS) is 15.1. The second kappa shape index (κ2) is 29.8. The number of nitrogen functional groups attached to an aromatic ring is 1. The van der Waals surface area contributed by atoms with Crippen LogP contribution >= 0.6 is 23.2 Å². The topological polar surface area (TPSA) is 353 Å². The molecule has 2 fully saturated rings. The third-order valence-corrected chi connectivity index (χ3v) is 14.9. The summed E-state index contributed by atoms with van der Waals surface area (Å²) in [6.45, 7) is 21.6. The molecule has 12 rings (SSSR count). The number of urea groups is 1. The molecule has 10 aromatic rings. The van der Waals surface area contributed by atoms with E-state index in [1.165, 1.54) is 29.8 Å². The van der Waals surface area contributed by atoms with Crippen LogP contribution in [0.3, 0.4) is 0 Å². The number of amides is 2. The third kappa shape index (κ3) is 18.4. The minimum atomic E-state index is -0.978. The number of hydrogen-bond acceptors (Lipinski definition) is 22. The van der Waals surface area contributed by atoms with Crippen LogP contribution in [-0.2, 0) is 29.1 Å². The summed E-state index contributed by atoms with van der Waals surface area (Å²) in [5, 5.41) is 62.0. The molecule has 6 aromatic heterocycles. The summed E-state index contributed by atoms with van der Waals surface area (Å²) in [7, 11) is 1.57. The lowest BCUT2D eigenvalue weighted by atomic mass is 10.1. The number of nitrogens with two attached hydrogens (primary N) is 1. The van der Waals surface area contributed by atoms with E-state index in [1.54, 1.807) is 81.2 Å². The van der Waals surface area contributed by atoms with Crippen LogP contribution in [0.4, 0.5) is 38.5 Å². The van der Waals surface area contributed by atoms with Crippen molar-refractivity contribution in [1.82, 2.24) is 64.6 Å². The zero-order valence-electron chi connectivity index (χ0n) is 54.2. The lowest BCUT2D eigenvalue weighted by Gasteiger charge is -2.33. The van der Waals surface area contributed by atoms with E-state index in [-0.39, 0.29) is 34.8 Å². The molecular formula is C65H76Cl2N18O10. The average molecular weight is 1340 g/mol. The number of hydrogen-bond donors (Lipinski definition) is 6. The summed E-state index contributed by atoms with van der Waals surface area (Å²) in [6.07, 6.45) is 5.21. The van der Waals surface area contributed by atoms with Gasteiger partial charge in [-0.1, -0.05) is 54.1 Å². The van der Waals surface area contributed by atoms with Gasteiger partial charge >= 0.3 is 11.5 Å². The van der Waals surface area contributed by atoms with Crippen LogP contribution in [0.2, 0.25) is 5.28 Å². The highest BCUT2D eigenvalue weighted by Gasteiger charge is 2.28. The maximum atomic E-state index is 11.6. The highest BCUT2D eigenvalue weighted by molar-refractivity contribution is 6.61. The van der Waals surface area contributed by atoms with Crippen LogP contribution in [0.25, 0.3) is 66.9 Å². The van der Waals surface area contributed by atoms with E-state index in [1.807, 2.05) is 79.7 Å². The Kier molecular flexibility index (Phi) is 21.9. The molecule has 30 heteroatoms. The van der Waals surface area contributed by atoms with Gasteiger partial charge in [0.25, 0.3) is 5.69 Å². The fourth-order valence-electron chi connectivity index (χ4n) is 10.2. The first-order chi connectivity index (χ1) is 45.0. The van der Waals surface area contributed by atoms with Crippen molar-refractivity contribution in [3.05, 3.63) is 137 Å². The lowest BCUT2D eigenvalue weighted by Crippen LogP contribution is -2.44. The average Bonchev–Trinajstić information content (AvgIpc) is 1.78. The van der Waals surface area contributed by atoms with E-state index >= 15 is 0 Å². The number of benzene rings is 4. The molecule has 500 valence electrons. The van der Waals surface area contributed by atoms with Gasteiger partial charge < -0.3 is 55.7 Å². The number of non-ortho nitro benzene ring substituents is 1. The number of fused-ring (bicyclic) bond motifs is 3. The molecule has 28 nitrogen and oxygen atoms in total. The predicted molar refractivity (Wildman–Crippen MR) is 364 cm³/mol. The number of nitrogens with one attached hydrogen (secondary N) is 2. The molecule has 0 bridgehead atoms. The highest BCUT2D eigenvalue weighted by atomic mass is 35.5. The van der Waals surface area contributed by atoms with Crippen LogP contribution < -0.4 is 30.9 Å². The molecule has 0 saturated carbocycles. The first-order valence-electron chi connectivity index (χ1n) is 30.4. The van der Waals surface area contributed by atoms with Gasteiger partial charge in [-0.2, -0.15) is 30.2 Å². The number of carbonyl (C=O) groups is 2. The number of ether oxygens (including phenoxy) is 3. The van der Waals surface area contributed by atoms with Crippen LogP contribution in [0.1, 0.15) is 61.0 Å². The SMILES string of the molecule is CNC(=O)Nc1ccc(-c2nc(N3CCOC[C@H]3C)nc3c2cnn3CC(C)(C)O)cc1.C[C@@H]1COCCN1c1nc(-c2ccc(N)cc2)c2cnn(CC(C)(C)O)c2n1.Cc1ccc(-c2nc(Cl)nc3c2cnn3CC(C)(C)O)cc1.O=C(Cl)Oc1ccc([N+](=O)[O-])cc1. The number of nitro benzene ring substituents is 1. The minimum absolute atomic E-state index is 0.0747. The van der Waals surface area contributed by atoms with Gasteiger partial charge in [0.15, 0.2) is 16.9 Å². The number of carbonyl (C=O) groups excluding carboxylic acids is 2. The second-order valence-electron chi connectivity index (χ2n) is 24.7. The van der Waals surface area contributed by atoms with Crippen LogP contribution in [-0.4, -0.2) is 166 Å². The van der Waals surface area contributed by atoms with Gasteiger partial charge in [-0.25, -0.2) is 38.6 Å². The summed E-state index contributed by atoms with van der Waals surface area (Å²) in [5.41, 5.74) is 11.7. The number of aliphatic hydroxyl groups is 3. The lowest BCUT2D eigenvalue weighted by molar-refractivity contribution is -0.384. The molecule has 8 heterocycles. The molecular weight excluding hydrogens is 1260 g/mol. The largest absolute Gasteiger partial charge is 0.414 e. The number of aromatic nitrogens is 12. The molecule has 2 aliphatic heterocycles. The van der Waals surface area contributed by atoms with Gasteiger partial charge in [-0.15, -0.1) is 0 Å². The van der Waals surface area contributed by atoms with Gasteiger partial charge in [0.05, 0.1) is 132 Å². The molecule has 7 N–H and O–H groups in total. The van der Waals surface area contributed by atoms with E-state index < -0.39 is 27.2 Å². The van der Waals surface area contributed by atoms with E-state index in [0.29, 0.717) is 92.8 Å². The fraction of sp³-hybridized carbons (Fsp3) is 0.369. The number of morpholine rings is 2. The van der Waals surface area contributed by atoms with E-state index in [2.05, 4.69) is 64.3 Å². The second-order valence-corrected chi connectivity index (χ2v) is 25.4. The van der Waals surface area contributed by atoms with Crippen LogP contribution in [0, 0.1) is 17.0 Å². The summed E-state index contributed by atoms with van der Waals surface area (Å²) >= 11 is 11.0. The Balaban J connectivity index is 0.000000155. The molecule has 2 saturated heterocycles. The molecule has 0 aliphatic carbocycles. The molecule has 4 aromatic carbocycles. The summed E-state index contributed by atoms with van der Waals surface area (Å²) < 4.78 is 20.7. The number of nitro groups is 1. The zero-order valence-corrected chi connectivity index (χ0v) is 55.7. The molecule has 2 amide bonds. The Morgan fingerprint density at radius 2 is 1.03 bits per heavy atom. The number of halogens is 2. The van der Waals surface area contributed by atoms with Gasteiger partial charge in [-0.3, -0.25) is 10.1 Å². The molecule has 0 spiro atoms. The van der Waals surface area contributed by atoms with Crippen LogP contribution in [0.15, 0.2) is 116 Å². The quantitative estimate of drug-likeness (QED) is 0.0194. The standard InChI is InChI=1S/C22H29N7O3.C20H26N6O2.C16H17ClN4O.C7H4ClNO4/c1-14-12-32-10-9-28(14)20-26-18(15-5-7-16(8-6-15)25-21(30)23-4)17-11-24-29(19(17)27-20)13-22(2,3)31;1-13-11-28-9-8-25(13)19-23-17(14-4-6-15(21)7-5-14)16-10-22-26(18(16)24-19)12-20(2,3)27;1-10-4-6-11(7-5-10)13-12-8-18-21(9-16(2,3)22)14(12)20-15(17)19-13;8-7(10)13-6-3-1-5(2-4-6)9(11)12/h5-8,11,14,31H,9-10,12-13H2,1-4H3,(H2,23,25,30);4-7,10,13,27H,8-9,11-12,21H2,1-3H3;4-8,22H,9H2,1-3H3;1-4H/t14-;13-;;/m11../s1. The Morgan fingerprint density at radius 1 is 0.632 bits per heavy atom. The van der Waals surface area contributed by atoms with Crippen LogP contribution in [0.5, 0.6) is 5.75 Å². The van der Waals surface area contributed by atoms with E-state index in [0.717, 1.165) is 56.5 Å². The Hall–Kier alpha value is -9.55. The summed E-state index contributed by atoms with van der Waals surface area (Å²) in [4.78, 5) is 63.8. The minimum Gasteiger partial charge on any atom is -0.414 e. The monoisotopic (exact) mass is 1340 g/mol. The molecule has 0 unspecified atom stereocenters. The fourth-order valence-corrected chi connectivity index (χ4v) is 10.5. The maximum absolute atomic E-state index is 11.6. The Morgan fingerprint density at radius 3 is 1.42 bits per heavy atom. The number of rotatable bonds is 14. The number of anilines is 4. The Bertz CT molecular complexity index is 4300. The first kappa shape index (κ1) is 69.8. The van der Waals surface area contributed by atoms with Crippen molar-refractivity contribution in [2.45, 2.75) is 111 Å². The maximum Gasteiger partial charge on any atom is 0.409 e. The van der Waals surface area contributed by atoms with Crippen molar-refractivity contribution < 1.29 is 44.0 Å². The predicted octanol–water partition coefficient (Wildman–Crippen LogP) is 9.87. The Labute approximate surface area is 557 Å². The van der Waals surface area contributed by atoms with Gasteiger partial charge in [0, 0.05) is 71.9 Å². The van der Waals surface area contributed by atoms with Crippen molar-refractivity contribution in [1.29, 1.82) is 0 Å². The molecule has 2 atom stereocenters. The van der Waals surface area contributed by atoms with Crippen molar-refractivity contribution >= 4 is 96.7 Å². The van der Waals surface area contributed by atoms with Gasteiger partial charge in [-0.05, 0) is 110 Å². The van der Waals surface area contributed by atoms with Gasteiger partial charge in [0.2, 0.25) is 17.2 Å². The van der Waals surface area contributed by atoms with E-state index in [4.69, 9.17) is 58.3 Å². The molecule has 95 heavy (non-hydrogen) atoms. The van der Waals surface area contributed by atoms with Crippen molar-refractivity contribution in [2.75, 3.05) is 67.4 Å².